The normalized spacial score (nSPS) is 22.2. The van der Waals surface area contributed by atoms with Crippen molar-refractivity contribution in [2.75, 3.05) is 31.1 Å². The zero-order valence-corrected chi connectivity index (χ0v) is 15.5. The third kappa shape index (κ3) is 3.73. The number of aliphatic hydroxyl groups excluding tert-OH is 1. The second-order valence-electron chi connectivity index (χ2n) is 7.51. The van der Waals surface area contributed by atoms with Gasteiger partial charge in [0.2, 0.25) is 0 Å². The fourth-order valence-electron chi connectivity index (χ4n) is 4.20. The monoisotopic (exact) mass is 356 g/mol. The smallest absolute Gasteiger partial charge is 0.0967 e. The molecular formula is C19H28N6O. The van der Waals surface area contributed by atoms with Crippen molar-refractivity contribution in [3.05, 3.63) is 35.9 Å². The third-order valence-corrected chi connectivity index (χ3v) is 5.72. The van der Waals surface area contributed by atoms with Crippen molar-refractivity contribution in [3.8, 4) is 0 Å². The van der Waals surface area contributed by atoms with Crippen molar-refractivity contribution in [3.63, 3.8) is 0 Å². The van der Waals surface area contributed by atoms with Crippen LogP contribution in [-0.2, 0) is 6.54 Å². The van der Waals surface area contributed by atoms with Crippen LogP contribution in [0.1, 0.15) is 43.1 Å². The first kappa shape index (κ1) is 17.4. The number of hydrogen-bond acceptors (Lipinski definition) is 6. The lowest BCUT2D eigenvalue weighted by atomic mass is 10.0. The molecule has 0 aromatic carbocycles. The maximum Gasteiger partial charge on any atom is 0.0967 e. The van der Waals surface area contributed by atoms with Crippen molar-refractivity contribution < 1.29 is 5.11 Å². The quantitative estimate of drug-likeness (QED) is 0.881. The first-order chi connectivity index (χ1) is 12.7. The highest BCUT2D eigenvalue weighted by molar-refractivity contribution is 5.46. The molecule has 2 saturated heterocycles. The number of aliphatic hydroxyl groups is 1. The van der Waals surface area contributed by atoms with Gasteiger partial charge in [-0.2, -0.15) is 0 Å². The average Bonchev–Trinajstić information content (AvgIpc) is 3.31. The molecular weight excluding hydrogens is 328 g/mol. The number of pyridine rings is 1. The number of piperidine rings is 1. The van der Waals surface area contributed by atoms with Crippen molar-refractivity contribution in [2.45, 2.75) is 51.2 Å². The van der Waals surface area contributed by atoms with E-state index in [4.69, 9.17) is 0 Å². The molecule has 1 N–H and O–H groups in total. The Morgan fingerprint density at radius 2 is 2.04 bits per heavy atom. The van der Waals surface area contributed by atoms with Crippen LogP contribution in [0.5, 0.6) is 0 Å². The van der Waals surface area contributed by atoms with Gasteiger partial charge in [0.1, 0.15) is 0 Å². The van der Waals surface area contributed by atoms with Crippen LogP contribution in [-0.4, -0.2) is 62.3 Å². The molecule has 4 heterocycles. The van der Waals surface area contributed by atoms with E-state index in [9.17, 15) is 5.11 Å². The third-order valence-electron chi connectivity index (χ3n) is 5.72. The predicted molar refractivity (Wildman–Crippen MR) is 100.0 cm³/mol. The maximum absolute atomic E-state index is 9.47. The van der Waals surface area contributed by atoms with E-state index >= 15 is 0 Å². The second kappa shape index (κ2) is 7.72. The summed E-state index contributed by atoms with van der Waals surface area (Å²) in [6, 6.07) is 4.95. The molecule has 0 spiro atoms. The summed E-state index contributed by atoms with van der Waals surface area (Å²) in [4.78, 5) is 9.04. The van der Waals surface area contributed by atoms with Crippen LogP contribution in [0.2, 0.25) is 0 Å². The zero-order chi connectivity index (χ0) is 17.9. The largest absolute Gasteiger partial charge is 0.395 e. The molecule has 2 fully saturated rings. The van der Waals surface area contributed by atoms with Gasteiger partial charge in [-0.3, -0.25) is 9.88 Å². The molecule has 7 nitrogen and oxygen atoms in total. The van der Waals surface area contributed by atoms with Gasteiger partial charge >= 0.3 is 0 Å². The summed E-state index contributed by atoms with van der Waals surface area (Å²) in [6.07, 6.45) is 8.38. The first-order valence-corrected chi connectivity index (χ1v) is 9.66. The SMILES string of the molecule is Cc1cc(N2CCC(n3cc(CN4CCC[C@@H]4CO)nn3)CC2)ccn1. The molecule has 0 amide bonds. The van der Waals surface area contributed by atoms with E-state index in [0.29, 0.717) is 6.04 Å². The van der Waals surface area contributed by atoms with Crippen molar-refractivity contribution in [1.82, 2.24) is 24.9 Å². The Hall–Kier alpha value is -1.99. The Balaban J connectivity index is 1.34. The fourth-order valence-corrected chi connectivity index (χ4v) is 4.20. The van der Waals surface area contributed by atoms with E-state index in [0.717, 1.165) is 63.3 Å². The lowest BCUT2D eigenvalue weighted by Gasteiger charge is -2.33. The van der Waals surface area contributed by atoms with Gasteiger partial charge in [-0.25, -0.2) is 4.68 Å². The van der Waals surface area contributed by atoms with Gasteiger partial charge in [0.25, 0.3) is 0 Å². The van der Waals surface area contributed by atoms with E-state index in [1.54, 1.807) is 0 Å². The standard InChI is InChI=1S/C19H28N6O/c1-15-11-18(4-7-20-15)23-9-5-17(6-10-23)25-13-16(21-22-25)12-24-8-2-3-19(24)14-26/h4,7,11,13,17,19,26H,2-3,5-6,8-10,12,14H2,1H3/t19-/m1/s1. The molecule has 7 heteroatoms. The zero-order valence-electron chi connectivity index (χ0n) is 15.5. The summed E-state index contributed by atoms with van der Waals surface area (Å²) in [7, 11) is 0. The molecule has 2 aliphatic heterocycles. The Bertz CT molecular complexity index is 724. The van der Waals surface area contributed by atoms with Crippen molar-refractivity contribution in [2.24, 2.45) is 0 Å². The summed E-state index contributed by atoms with van der Waals surface area (Å²) >= 11 is 0. The minimum atomic E-state index is 0.237. The van der Waals surface area contributed by atoms with Crippen LogP contribution in [0.25, 0.3) is 0 Å². The highest BCUT2D eigenvalue weighted by Crippen LogP contribution is 2.26. The van der Waals surface area contributed by atoms with Gasteiger partial charge in [0, 0.05) is 43.3 Å². The number of rotatable bonds is 5. The van der Waals surface area contributed by atoms with E-state index in [-0.39, 0.29) is 12.6 Å². The Morgan fingerprint density at radius 1 is 1.19 bits per heavy atom. The first-order valence-electron chi connectivity index (χ1n) is 9.66. The minimum Gasteiger partial charge on any atom is -0.395 e. The number of aryl methyl sites for hydroxylation is 1. The highest BCUT2D eigenvalue weighted by Gasteiger charge is 2.26. The Labute approximate surface area is 154 Å². The molecule has 140 valence electrons. The topological polar surface area (TPSA) is 70.3 Å². The van der Waals surface area contributed by atoms with E-state index < -0.39 is 0 Å². The van der Waals surface area contributed by atoms with Crippen LogP contribution >= 0.6 is 0 Å². The molecule has 0 unspecified atom stereocenters. The lowest BCUT2D eigenvalue weighted by molar-refractivity contribution is 0.152. The van der Waals surface area contributed by atoms with E-state index in [1.807, 2.05) is 13.1 Å². The number of nitrogens with zero attached hydrogens (tertiary/aromatic N) is 6. The predicted octanol–water partition coefficient (Wildman–Crippen LogP) is 1.78. The number of aromatic nitrogens is 4. The highest BCUT2D eigenvalue weighted by atomic mass is 16.3. The van der Waals surface area contributed by atoms with E-state index in [2.05, 4.69) is 48.1 Å². The van der Waals surface area contributed by atoms with Crippen LogP contribution in [0, 0.1) is 6.92 Å². The van der Waals surface area contributed by atoms with Gasteiger partial charge in [-0.05, 0) is 51.3 Å². The molecule has 26 heavy (non-hydrogen) atoms. The molecule has 4 rings (SSSR count). The molecule has 0 aliphatic carbocycles. The molecule has 0 radical (unpaired) electrons. The van der Waals surface area contributed by atoms with Gasteiger partial charge in [-0.15, -0.1) is 5.10 Å². The lowest BCUT2D eigenvalue weighted by Crippen LogP contribution is -2.34. The van der Waals surface area contributed by atoms with Gasteiger partial charge in [0.05, 0.1) is 24.5 Å². The summed E-state index contributed by atoms with van der Waals surface area (Å²) < 4.78 is 2.05. The molecule has 2 aromatic rings. The van der Waals surface area contributed by atoms with Crippen LogP contribution < -0.4 is 4.90 Å². The maximum atomic E-state index is 9.47. The van der Waals surface area contributed by atoms with Gasteiger partial charge in [0.15, 0.2) is 0 Å². The minimum absolute atomic E-state index is 0.237. The van der Waals surface area contributed by atoms with Crippen LogP contribution in [0.15, 0.2) is 24.5 Å². The molecule has 1 atom stereocenters. The van der Waals surface area contributed by atoms with Gasteiger partial charge < -0.3 is 10.0 Å². The summed E-state index contributed by atoms with van der Waals surface area (Å²) in [6.45, 7) is 6.17. The number of likely N-dealkylation sites (tertiary alicyclic amines) is 1. The number of hydrogen-bond donors (Lipinski definition) is 1. The second-order valence-corrected chi connectivity index (χ2v) is 7.51. The van der Waals surface area contributed by atoms with Crippen LogP contribution in [0.4, 0.5) is 5.69 Å². The number of anilines is 1. The van der Waals surface area contributed by atoms with Crippen LogP contribution in [0.3, 0.4) is 0 Å². The molecule has 0 bridgehead atoms. The summed E-state index contributed by atoms with van der Waals surface area (Å²) in [5, 5.41) is 18.2. The van der Waals surface area contributed by atoms with Crippen molar-refractivity contribution in [1.29, 1.82) is 0 Å². The summed E-state index contributed by atoms with van der Waals surface area (Å²) in [5.74, 6) is 0. The molecule has 2 aliphatic rings. The average molecular weight is 356 g/mol. The Kier molecular flexibility index (Phi) is 5.17. The van der Waals surface area contributed by atoms with Gasteiger partial charge in [-0.1, -0.05) is 5.21 Å². The fraction of sp³-hybridized carbons (Fsp3) is 0.632. The Morgan fingerprint density at radius 3 is 2.81 bits per heavy atom. The molecule has 2 aromatic heterocycles. The molecule has 0 saturated carbocycles. The van der Waals surface area contributed by atoms with E-state index in [1.165, 1.54) is 5.69 Å². The van der Waals surface area contributed by atoms with Crippen molar-refractivity contribution >= 4 is 5.69 Å². The summed E-state index contributed by atoms with van der Waals surface area (Å²) in [5.41, 5.74) is 3.34.